The van der Waals surface area contributed by atoms with Gasteiger partial charge in [-0.15, -0.1) is 0 Å². The number of imidazole rings is 1. The standard InChI is InChI=1S/C20H22N4O/c25-20(23-12-3-4-19(15-23)24-13-9-21-16-24)14-17-5-7-18(8-6-17)22-10-1-2-11-22/h1-2,5-11,13,16,19H,3-4,12,14-15H2. The van der Waals surface area contributed by atoms with Gasteiger partial charge in [0, 0.05) is 43.6 Å². The minimum absolute atomic E-state index is 0.207. The van der Waals surface area contributed by atoms with Crippen LogP contribution in [-0.2, 0) is 11.2 Å². The summed E-state index contributed by atoms with van der Waals surface area (Å²) in [5.74, 6) is 0.207. The summed E-state index contributed by atoms with van der Waals surface area (Å²) in [6.45, 7) is 1.63. The van der Waals surface area contributed by atoms with E-state index in [1.807, 2.05) is 54.1 Å². The van der Waals surface area contributed by atoms with Gasteiger partial charge in [-0.25, -0.2) is 4.98 Å². The lowest BCUT2D eigenvalue weighted by atomic mass is 10.0. The zero-order chi connectivity index (χ0) is 17.1. The quantitative estimate of drug-likeness (QED) is 0.736. The maximum Gasteiger partial charge on any atom is 0.227 e. The molecule has 3 aromatic rings. The number of rotatable bonds is 4. The molecule has 5 nitrogen and oxygen atoms in total. The molecule has 0 N–H and O–H groups in total. The Morgan fingerprint density at radius 1 is 1.12 bits per heavy atom. The molecule has 0 radical (unpaired) electrons. The van der Waals surface area contributed by atoms with Crippen LogP contribution in [0.1, 0.15) is 24.4 Å². The number of benzene rings is 1. The SMILES string of the molecule is O=C(Cc1ccc(-n2cccc2)cc1)N1CCCC(n2ccnc2)C1. The molecule has 1 saturated heterocycles. The van der Waals surface area contributed by atoms with Crippen molar-refractivity contribution in [1.29, 1.82) is 0 Å². The highest BCUT2D eigenvalue weighted by Gasteiger charge is 2.24. The first kappa shape index (κ1) is 15.7. The van der Waals surface area contributed by atoms with Crippen molar-refractivity contribution < 1.29 is 4.79 Å². The molecule has 0 spiro atoms. The zero-order valence-corrected chi connectivity index (χ0v) is 14.2. The van der Waals surface area contributed by atoms with Crippen molar-refractivity contribution in [2.45, 2.75) is 25.3 Å². The predicted octanol–water partition coefficient (Wildman–Crippen LogP) is 3.08. The molecule has 1 aromatic carbocycles. The molecule has 1 aliphatic rings. The largest absolute Gasteiger partial charge is 0.340 e. The number of hydrogen-bond acceptors (Lipinski definition) is 2. The topological polar surface area (TPSA) is 43.1 Å². The molecule has 1 amide bonds. The second-order valence-corrected chi connectivity index (χ2v) is 6.58. The fourth-order valence-electron chi connectivity index (χ4n) is 3.49. The Bertz CT molecular complexity index is 806. The Hall–Kier alpha value is -2.82. The lowest BCUT2D eigenvalue weighted by Crippen LogP contribution is -2.41. The van der Waals surface area contributed by atoms with Crippen molar-refractivity contribution in [3.05, 3.63) is 73.1 Å². The molecule has 0 aliphatic carbocycles. The molecule has 1 fully saturated rings. The van der Waals surface area contributed by atoms with Crippen molar-refractivity contribution in [3.63, 3.8) is 0 Å². The highest BCUT2D eigenvalue weighted by molar-refractivity contribution is 5.79. The molecule has 3 heterocycles. The highest BCUT2D eigenvalue weighted by atomic mass is 16.2. The van der Waals surface area contributed by atoms with Crippen LogP contribution in [0.3, 0.4) is 0 Å². The van der Waals surface area contributed by atoms with Crippen LogP contribution in [0.5, 0.6) is 0 Å². The first-order valence-electron chi connectivity index (χ1n) is 8.77. The normalized spacial score (nSPS) is 17.6. The summed E-state index contributed by atoms with van der Waals surface area (Å²) < 4.78 is 4.18. The van der Waals surface area contributed by atoms with Crippen LogP contribution in [-0.4, -0.2) is 38.0 Å². The lowest BCUT2D eigenvalue weighted by Gasteiger charge is -2.33. The average Bonchev–Trinajstić information content (AvgIpc) is 3.36. The van der Waals surface area contributed by atoms with E-state index in [0.29, 0.717) is 12.5 Å². The first-order valence-corrected chi connectivity index (χ1v) is 8.77. The molecule has 1 aliphatic heterocycles. The molecular weight excluding hydrogens is 312 g/mol. The van der Waals surface area contributed by atoms with E-state index in [-0.39, 0.29) is 5.91 Å². The van der Waals surface area contributed by atoms with Gasteiger partial charge in [-0.3, -0.25) is 4.79 Å². The van der Waals surface area contributed by atoms with E-state index >= 15 is 0 Å². The minimum atomic E-state index is 0.207. The van der Waals surface area contributed by atoms with Crippen LogP contribution in [0.25, 0.3) is 5.69 Å². The molecule has 5 heteroatoms. The fourth-order valence-corrected chi connectivity index (χ4v) is 3.49. The molecular formula is C20H22N4O. The zero-order valence-electron chi connectivity index (χ0n) is 14.2. The van der Waals surface area contributed by atoms with Gasteiger partial charge in [0.25, 0.3) is 0 Å². The maximum atomic E-state index is 12.7. The Labute approximate surface area is 147 Å². The Kier molecular flexibility index (Phi) is 4.37. The molecule has 0 bridgehead atoms. The summed E-state index contributed by atoms with van der Waals surface area (Å²) in [5, 5.41) is 0. The van der Waals surface area contributed by atoms with Gasteiger partial charge in [-0.1, -0.05) is 12.1 Å². The number of nitrogens with zero attached hydrogens (tertiary/aromatic N) is 4. The fraction of sp³-hybridized carbons (Fsp3) is 0.300. The van der Waals surface area contributed by atoms with E-state index in [0.717, 1.165) is 37.2 Å². The second kappa shape index (κ2) is 6.97. The number of carbonyl (C=O) groups is 1. The van der Waals surface area contributed by atoms with Crippen LogP contribution in [0.4, 0.5) is 0 Å². The van der Waals surface area contributed by atoms with Gasteiger partial charge in [0.1, 0.15) is 0 Å². The van der Waals surface area contributed by atoms with Gasteiger partial charge in [0.2, 0.25) is 5.91 Å². The van der Waals surface area contributed by atoms with Crippen molar-refractivity contribution in [2.24, 2.45) is 0 Å². The maximum absolute atomic E-state index is 12.7. The van der Waals surface area contributed by atoms with Gasteiger partial charge in [0.15, 0.2) is 0 Å². The first-order chi connectivity index (χ1) is 12.3. The average molecular weight is 334 g/mol. The van der Waals surface area contributed by atoms with E-state index in [1.54, 1.807) is 6.20 Å². The lowest BCUT2D eigenvalue weighted by molar-refractivity contribution is -0.132. The molecule has 25 heavy (non-hydrogen) atoms. The minimum Gasteiger partial charge on any atom is -0.340 e. The number of carbonyl (C=O) groups excluding carboxylic acids is 1. The van der Waals surface area contributed by atoms with Crippen LogP contribution >= 0.6 is 0 Å². The summed E-state index contributed by atoms with van der Waals surface area (Å²) in [6, 6.07) is 12.6. The van der Waals surface area contributed by atoms with Gasteiger partial charge in [-0.05, 0) is 42.7 Å². The molecule has 1 atom stereocenters. The summed E-state index contributed by atoms with van der Waals surface area (Å²) in [6.07, 6.45) is 12.3. The summed E-state index contributed by atoms with van der Waals surface area (Å²) in [5.41, 5.74) is 2.17. The van der Waals surface area contributed by atoms with Crippen molar-refractivity contribution in [2.75, 3.05) is 13.1 Å². The van der Waals surface area contributed by atoms with E-state index in [1.165, 1.54) is 0 Å². The third-order valence-electron chi connectivity index (χ3n) is 4.89. The van der Waals surface area contributed by atoms with E-state index in [9.17, 15) is 4.79 Å². The van der Waals surface area contributed by atoms with Gasteiger partial charge < -0.3 is 14.0 Å². The van der Waals surface area contributed by atoms with Crippen molar-refractivity contribution in [3.8, 4) is 5.69 Å². The van der Waals surface area contributed by atoms with Gasteiger partial charge >= 0.3 is 0 Å². The summed E-state index contributed by atoms with van der Waals surface area (Å²) in [7, 11) is 0. The van der Waals surface area contributed by atoms with E-state index in [4.69, 9.17) is 0 Å². The van der Waals surface area contributed by atoms with E-state index < -0.39 is 0 Å². The third-order valence-corrected chi connectivity index (χ3v) is 4.89. The summed E-state index contributed by atoms with van der Waals surface area (Å²) >= 11 is 0. The monoisotopic (exact) mass is 334 g/mol. The Balaban J connectivity index is 1.39. The van der Waals surface area contributed by atoms with Crippen LogP contribution in [0.2, 0.25) is 0 Å². The van der Waals surface area contributed by atoms with Crippen molar-refractivity contribution >= 4 is 5.91 Å². The highest BCUT2D eigenvalue weighted by Crippen LogP contribution is 2.22. The Morgan fingerprint density at radius 3 is 2.64 bits per heavy atom. The van der Waals surface area contributed by atoms with Crippen LogP contribution in [0, 0.1) is 0 Å². The van der Waals surface area contributed by atoms with Gasteiger partial charge in [0.05, 0.1) is 18.8 Å². The summed E-state index contributed by atoms with van der Waals surface area (Å²) in [4.78, 5) is 18.8. The van der Waals surface area contributed by atoms with Crippen LogP contribution in [0.15, 0.2) is 67.5 Å². The number of amides is 1. The third kappa shape index (κ3) is 3.50. The Morgan fingerprint density at radius 2 is 1.92 bits per heavy atom. The van der Waals surface area contributed by atoms with E-state index in [2.05, 4.69) is 26.3 Å². The molecule has 2 aromatic heterocycles. The number of piperidine rings is 1. The number of hydrogen-bond donors (Lipinski definition) is 0. The molecule has 128 valence electrons. The molecule has 4 rings (SSSR count). The van der Waals surface area contributed by atoms with Crippen molar-refractivity contribution in [1.82, 2.24) is 19.0 Å². The van der Waals surface area contributed by atoms with Gasteiger partial charge in [-0.2, -0.15) is 0 Å². The second-order valence-electron chi connectivity index (χ2n) is 6.58. The number of aromatic nitrogens is 3. The predicted molar refractivity (Wildman–Crippen MR) is 96.6 cm³/mol. The molecule has 1 unspecified atom stereocenters. The smallest absolute Gasteiger partial charge is 0.227 e. The number of likely N-dealkylation sites (tertiary alicyclic amines) is 1. The molecule has 0 saturated carbocycles. The van der Waals surface area contributed by atoms with Crippen LogP contribution < -0.4 is 0 Å².